The molecule has 0 atom stereocenters. The molecule has 0 aliphatic heterocycles. The number of carbonyl (C=O) groups excluding carboxylic acids is 1. The molecule has 1 fully saturated rings. The van der Waals surface area contributed by atoms with Crippen molar-refractivity contribution in [2.75, 3.05) is 18.9 Å². The minimum Gasteiger partial charge on any atom is -0.383 e. The summed E-state index contributed by atoms with van der Waals surface area (Å²) >= 11 is 0. The van der Waals surface area contributed by atoms with E-state index in [1.54, 1.807) is 19.2 Å². The summed E-state index contributed by atoms with van der Waals surface area (Å²) in [7, 11) is 1.62. The number of unbranched alkanes of at least 4 members (excludes halogenated alkanes) is 1. The van der Waals surface area contributed by atoms with Crippen LogP contribution in [0, 0.1) is 10.1 Å². The average Bonchev–Trinajstić information content (AvgIpc) is 3.31. The normalized spacial score (nSPS) is 13.8. The number of nitrogens with zero attached hydrogens (tertiary/aromatic N) is 2. The van der Waals surface area contributed by atoms with Crippen LogP contribution in [0.1, 0.15) is 43.0 Å². The Morgan fingerprint density at radius 3 is 2.71 bits per heavy atom. The van der Waals surface area contributed by atoms with Crippen LogP contribution in [-0.2, 0) is 0 Å². The number of nitro benzene ring substituents is 1. The number of nitrogens with one attached hydrogen (secondary N) is 1. The lowest BCUT2D eigenvalue weighted by Crippen LogP contribution is -2.34. The van der Waals surface area contributed by atoms with E-state index in [1.165, 1.54) is 6.07 Å². The van der Waals surface area contributed by atoms with E-state index in [9.17, 15) is 14.9 Å². The number of amides is 1. The predicted molar refractivity (Wildman–Crippen MR) is 81.6 cm³/mol. The summed E-state index contributed by atoms with van der Waals surface area (Å²) in [5, 5.41) is 13.7. The summed E-state index contributed by atoms with van der Waals surface area (Å²) in [5.41, 5.74) is 0.866. The Hall–Kier alpha value is -2.11. The van der Waals surface area contributed by atoms with Gasteiger partial charge in [-0.25, -0.2) is 0 Å². The van der Waals surface area contributed by atoms with Crippen molar-refractivity contribution in [2.24, 2.45) is 0 Å². The SMILES string of the molecule is CCCCN(C(=O)c1ccc([N+](=O)[O-])c(NC)c1)C1CC1. The van der Waals surface area contributed by atoms with Gasteiger partial charge in [0.1, 0.15) is 5.69 Å². The van der Waals surface area contributed by atoms with Crippen molar-refractivity contribution in [3.8, 4) is 0 Å². The topological polar surface area (TPSA) is 75.5 Å². The molecule has 2 rings (SSSR count). The quantitative estimate of drug-likeness (QED) is 0.619. The van der Waals surface area contributed by atoms with Crippen molar-refractivity contribution in [1.29, 1.82) is 0 Å². The molecular weight excluding hydrogens is 270 g/mol. The van der Waals surface area contributed by atoms with Crippen LogP contribution in [0.4, 0.5) is 11.4 Å². The monoisotopic (exact) mass is 291 g/mol. The molecule has 1 amide bonds. The minimum absolute atomic E-state index is 0.0134. The summed E-state index contributed by atoms with van der Waals surface area (Å²) in [6.07, 6.45) is 4.13. The van der Waals surface area contributed by atoms with E-state index in [0.717, 1.165) is 32.2 Å². The molecule has 1 N–H and O–H groups in total. The maximum Gasteiger partial charge on any atom is 0.292 e. The van der Waals surface area contributed by atoms with Gasteiger partial charge in [0.25, 0.3) is 11.6 Å². The second kappa shape index (κ2) is 6.56. The molecule has 1 saturated carbocycles. The average molecular weight is 291 g/mol. The second-order valence-electron chi connectivity index (χ2n) is 5.32. The van der Waals surface area contributed by atoms with Crippen LogP contribution in [0.2, 0.25) is 0 Å². The Kier molecular flexibility index (Phi) is 4.77. The summed E-state index contributed by atoms with van der Waals surface area (Å²) in [6, 6.07) is 4.85. The zero-order valence-corrected chi connectivity index (χ0v) is 12.5. The fraction of sp³-hybridized carbons (Fsp3) is 0.533. The number of anilines is 1. The van der Waals surface area contributed by atoms with Gasteiger partial charge in [0.15, 0.2) is 0 Å². The number of hydrogen-bond acceptors (Lipinski definition) is 4. The van der Waals surface area contributed by atoms with E-state index in [1.807, 2.05) is 4.90 Å². The summed E-state index contributed by atoms with van der Waals surface area (Å²) in [5.74, 6) is -0.0302. The number of rotatable bonds is 7. The maximum atomic E-state index is 12.6. The maximum absolute atomic E-state index is 12.6. The van der Waals surface area contributed by atoms with Crippen molar-refractivity contribution in [1.82, 2.24) is 4.90 Å². The Morgan fingerprint density at radius 2 is 2.19 bits per heavy atom. The Bertz CT molecular complexity index is 541. The minimum atomic E-state index is -0.449. The molecule has 21 heavy (non-hydrogen) atoms. The molecule has 1 aromatic carbocycles. The highest BCUT2D eigenvalue weighted by atomic mass is 16.6. The third-order valence-corrected chi connectivity index (χ3v) is 3.71. The third-order valence-electron chi connectivity index (χ3n) is 3.71. The van der Waals surface area contributed by atoms with E-state index in [0.29, 0.717) is 17.3 Å². The number of benzene rings is 1. The smallest absolute Gasteiger partial charge is 0.292 e. The highest BCUT2D eigenvalue weighted by Crippen LogP contribution is 2.30. The zero-order chi connectivity index (χ0) is 15.4. The highest BCUT2D eigenvalue weighted by Gasteiger charge is 2.33. The van der Waals surface area contributed by atoms with Crippen molar-refractivity contribution in [3.05, 3.63) is 33.9 Å². The number of nitro groups is 1. The molecule has 1 aliphatic rings. The second-order valence-corrected chi connectivity index (χ2v) is 5.32. The Labute approximate surface area is 124 Å². The highest BCUT2D eigenvalue weighted by molar-refractivity contribution is 5.96. The van der Waals surface area contributed by atoms with Gasteiger partial charge in [0.05, 0.1) is 4.92 Å². The lowest BCUT2D eigenvalue weighted by molar-refractivity contribution is -0.383. The molecule has 6 heteroatoms. The fourth-order valence-corrected chi connectivity index (χ4v) is 2.36. The van der Waals surface area contributed by atoms with Crippen molar-refractivity contribution < 1.29 is 9.72 Å². The van der Waals surface area contributed by atoms with Gasteiger partial charge in [-0.15, -0.1) is 0 Å². The van der Waals surface area contributed by atoms with E-state index in [2.05, 4.69) is 12.2 Å². The van der Waals surface area contributed by atoms with E-state index in [-0.39, 0.29) is 11.6 Å². The van der Waals surface area contributed by atoms with Crippen LogP contribution in [0.5, 0.6) is 0 Å². The zero-order valence-electron chi connectivity index (χ0n) is 12.5. The molecule has 0 spiro atoms. The molecule has 0 unspecified atom stereocenters. The molecular formula is C15H21N3O3. The van der Waals surface area contributed by atoms with Crippen LogP contribution in [-0.4, -0.2) is 35.4 Å². The molecule has 1 aliphatic carbocycles. The first-order valence-corrected chi connectivity index (χ1v) is 7.35. The van der Waals surface area contributed by atoms with Gasteiger partial charge < -0.3 is 10.2 Å². The lowest BCUT2D eigenvalue weighted by atomic mass is 10.1. The summed E-state index contributed by atoms with van der Waals surface area (Å²) in [6.45, 7) is 2.85. The van der Waals surface area contributed by atoms with Crippen LogP contribution >= 0.6 is 0 Å². The summed E-state index contributed by atoms with van der Waals surface area (Å²) < 4.78 is 0. The van der Waals surface area contributed by atoms with Crippen LogP contribution in [0.15, 0.2) is 18.2 Å². The van der Waals surface area contributed by atoms with Gasteiger partial charge in [-0.1, -0.05) is 13.3 Å². The molecule has 0 bridgehead atoms. The molecule has 0 radical (unpaired) electrons. The first kappa shape index (κ1) is 15.3. The molecule has 0 saturated heterocycles. The van der Waals surface area contributed by atoms with Gasteiger partial charge in [-0.05, 0) is 31.4 Å². The van der Waals surface area contributed by atoms with Crippen molar-refractivity contribution >= 4 is 17.3 Å². The molecule has 114 valence electrons. The number of carbonyl (C=O) groups is 1. The van der Waals surface area contributed by atoms with Crippen LogP contribution in [0.25, 0.3) is 0 Å². The van der Waals surface area contributed by atoms with E-state index in [4.69, 9.17) is 0 Å². The van der Waals surface area contributed by atoms with Gasteiger partial charge in [0, 0.05) is 31.3 Å². The van der Waals surface area contributed by atoms with Crippen LogP contribution < -0.4 is 5.32 Å². The van der Waals surface area contributed by atoms with Gasteiger partial charge in [-0.2, -0.15) is 0 Å². The fourth-order valence-electron chi connectivity index (χ4n) is 2.36. The molecule has 6 nitrogen and oxygen atoms in total. The van der Waals surface area contributed by atoms with E-state index < -0.39 is 4.92 Å². The Morgan fingerprint density at radius 1 is 1.48 bits per heavy atom. The molecule has 0 heterocycles. The van der Waals surface area contributed by atoms with Crippen molar-refractivity contribution in [2.45, 2.75) is 38.6 Å². The standard InChI is InChI=1S/C15H21N3O3/c1-3-4-9-17(12-6-7-12)15(19)11-5-8-14(18(20)21)13(10-11)16-2/h5,8,10,12,16H,3-4,6-7,9H2,1-2H3. The first-order chi connectivity index (χ1) is 10.1. The predicted octanol–water partition coefficient (Wildman–Crippen LogP) is 3.04. The largest absolute Gasteiger partial charge is 0.383 e. The first-order valence-electron chi connectivity index (χ1n) is 7.35. The van der Waals surface area contributed by atoms with Gasteiger partial charge >= 0.3 is 0 Å². The Balaban J connectivity index is 2.23. The molecule has 1 aromatic rings. The van der Waals surface area contributed by atoms with E-state index >= 15 is 0 Å². The summed E-state index contributed by atoms with van der Waals surface area (Å²) in [4.78, 5) is 25.0. The third kappa shape index (κ3) is 3.51. The lowest BCUT2D eigenvalue weighted by Gasteiger charge is -2.22. The number of hydrogen-bond donors (Lipinski definition) is 1. The van der Waals surface area contributed by atoms with Gasteiger partial charge in [-0.3, -0.25) is 14.9 Å². The van der Waals surface area contributed by atoms with Crippen LogP contribution in [0.3, 0.4) is 0 Å². The molecule has 0 aromatic heterocycles. The van der Waals surface area contributed by atoms with Gasteiger partial charge in [0.2, 0.25) is 0 Å². The van der Waals surface area contributed by atoms with Crippen molar-refractivity contribution in [3.63, 3.8) is 0 Å².